The van der Waals surface area contributed by atoms with E-state index in [1.807, 2.05) is 12.1 Å². The van der Waals surface area contributed by atoms with Gasteiger partial charge in [-0.1, -0.05) is 36.4 Å². The van der Waals surface area contributed by atoms with Crippen molar-refractivity contribution < 1.29 is 22.7 Å². The van der Waals surface area contributed by atoms with Crippen molar-refractivity contribution in [2.45, 2.75) is 37.1 Å². The molecule has 9 nitrogen and oxygen atoms in total. The average molecular weight is 578 g/mol. The second kappa shape index (κ2) is 11.5. The number of carbonyl (C=O) groups excluding carboxylic acids is 1. The van der Waals surface area contributed by atoms with Crippen molar-refractivity contribution in [3.8, 4) is 11.8 Å². The SMILES string of the molecule is COc1ccc(CN2CCC(c3c(C(=O)N4C[C@@H](c5ccccc5)C(F)(F)C4)cnn3-c3ncc(F)cn3)CC2)cn1. The van der Waals surface area contributed by atoms with Crippen LogP contribution in [0.4, 0.5) is 13.2 Å². The quantitative estimate of drug-likeness (QED) is 0.321. The molecule has 2 aliphatic rings. The van der Waals surface area contributed by atoms with Gasteiger partial charge in [0.15, 0.2) is 5.82 Å². The van der Waals surface area contributed by atoms with Crippen LogP contribution in [0.1, 0.15) is 51.9 Å². The number of rotatable bonds is 7. The molecule has 0 spiro atoms. The third kappa shape index (κ3) is 5.58. The number of likely N-dealkylation sites (tertiary alicyclic amines) is 2. The smallest absolute Gasteiger partial charge is 0.273 e. The molecule has 0 saturated carbocycles. The van der Waals surface area contributed by atoms with Gasteiger partial charge in [-0.2, -0.15) is 5.10 Å². The molecule has 12 heteroatoms. The van der Waals surface area contributed by atoms with Gasteiger partial charge in [0, 0.05) is 31.3 Å². The summed E-state index contributed by atoms with van der Waals surface area (Å²) in [6, 6.07) is 12.3. The molecule has 0 bridgehead atoms. The first-order chi connectivity index (χ1) is 20.3. The fourth-order valence-electron chi connectivity index (χ4n) is 5.88. The number of benzene rings is 1. The highest BCUT2D eigenvalue weighted by atomic mass is 19.3. The van der Waals surface area contributed by atoms with Gasteiger partial charge in [0.25, 0.3) is 17.8 Å². The molecule has 5 heterocycles. The highest BCUT2D eigenvalue weighted by Crippen LogP contribution is 2.41. The third-order valence-electron chi connectivity index (χ3n) is 8.02. The van der Waals surface area contributed by atoms with E-state index in [9.17, 15) is 9.18 Å². The van der Waals surface area contributed by atoms with Crippen LogP contribution in [0.5, 0.6) is 5.88 Å². The Morgan fingerprint density at radius 1 is 1.00 bits per heavy atom. The van der Waals surface area contributed by atoms with E-state index in [0.717, 1.165) is 31.0 Å². The minimum Gasteiger partial charge on any atom is -0.481 e. The number of aromatic nitrogens is 5. The molecule has 0 unspecified atom stereocenters. The van der Waals surface area contributed by atoms with Crippen LogP contribution in [0.2, 0.25) is 0 Å². The molecule has 6 rings (SSSR count). The number of halogens is 3. The van der Waals surface area contributed by atoms with Crippen molar-refractivity contribution >= 4 is 5.91 Å². The number of hydrogen-bond acceptors (Lipinski definition) is 7. The highest BCUT2D eigenvalue weighted by Gasteiger charge is 2.50. The summed E-state index contributed by atoms with van der Waals surface area (Å²) in [4.78, 5) is 29.8. The van der Waals surface area contributed by atoms with Crippen molar-refractivity contribution in [3.05, 3.63) is 95.5 Å². The number of pyridine rings is 1. The normalized spacial score (nSPS) is 19.2. The lowest BCUT2D eigenvalue weighted by atomic mass is 9.90. The molecule has 1 aromatic carbocycles. The lowest BCUT2D eigenvalue weighted by Gasteiger charge is -2.32. The molecule has 0 aliphatic carbocycles. The van der Waals surface area contributed by atoms with Crippen LogP contribution in [0, 0.1) is 5.82 Å². The second-order valence-electron chi connectivity index (χ2n) is 10.7. The van der Waals surface area contributed by atoms with E-state index in [2.05, 4.69) is 25.0 Å². The van der Waals surface area contributed by atoms with Gasteiger partial charge in [0.05, 0.1) is 49.4 Å². The summed E-state index contributed by atoms with van der Waals surface area (Å²) in [5.74, 6) is -4.73. The summed E-state index contributed by atoms with van der Waals surface area (Å²) in [7, 11) is 1.57. The van der Waals surface area contributed by atoms with Crippen LogP contribution in [-0.2, 0) is 6.54 Å². The van der Waals surface area contributed by atoms with Crippen molar-refractivity contribution in [2.75, 3.05) is 33.3 Å². The Bertz CT molecular complexity index is 1520. The highest BCUT2D eigenvalue weighted by molar-refractivity contribution is 5.96. The molecule has 3 aromatic heterocycles. The van der Waals surface area contributed by atoms with Gasteiger partial charge in [-0.25, -0.2) is 32.8 Å². The summed E-state index contributed by atoms with van der Waals surface area (Å²) < 4.78 is 50.5. The lowest BCUT2D eigenvalue weighted by molar-refractivity contribution is -0.00244. The van der Waals surface area contributed by atoms with Gasteiger partial charge < -0.3 is 9.64 Å². The molecule has 0 N–H and O–H groups in total. The van der Waals surface area contributed by atoms with Gasteiger partial charge in [0.2, 0.25) is 5.88 Å². The predicted molar refractivity (Wildman–Crippen MR) is 147 cm³/mol. The molecular weight excluding hydrogens is 547 g/mol. The van der Waals surface area contributed by atoms with Crippen molar-refractivity contribution in [1.82, 2.24) is 34.5 Å². The molecule has 1 amide bonds. The fraction of sp³-hybridized carbons (Fsp3) is 0.367. The number of methoxy groups -OCH3 is 1. The first kappa shape index (κ1) is 27.8. The summed E-state index contributed by atoms with van der Waals surface area (Å²) in [5.41, 5.74) is 2.35. The van der Waals surface area contributed by atoms with E-state index in [-0.39, 0.29) is 24.0 Å². The maximum absolute atomic E-state index is 15.2. The summed E-state index contributed by atoms with van der Waals surface area (Å²) >= 11 is 0. The maximum atomic E-state index is 15.2. The van der Waals surface area contributed by atoms with E-state index < -0.39 is 30.1 Å². The number of carbonyl (C=O) groups is 1. The minimum absolute atomic E-state index is 0.109. The average Bonchev–Trinajstić information content (AvgIpc) is 3.59. The summed E-state index contributed by atoms with van der Waals surface area (Å²) in [5, 5.41) is 4.40. The number of nitrogens with zero attached hydrogens (tertiary/aromatic N) is 7. The zero-order chi connectivity index (χ0) is 29.3. The van der Waals surface area contributed by atoms with Crippen molar-refractivity contribution in [2.24, 2.45) is 0 Å². The van der Waals surface area contributed by atoms with Crippen LogP contribution >= 0.6 is 0 Å². The fourth-order valence-corrected chi connectivity index (χ4v) is 5.88. The Hall–Kier alpha value is -4.32. The zero-order valence-corrected chi connectivity index (χ0v) is 23.0. The standard InChI is InChI=1S/C30H30F3N7O2/c1-42-26-8-7-20(13-34-26)17-38-11-9-22(10-12-38)27-24(16-37-40(27)29-35-14-23(31)15-36-29)28(41)39-18-25(30(32,33)19-39)21-5-3-2-4-6-21/h2-8,13-16,22,25H,9-12,17-19H2,1H3/t25-/m0/s1. The third-order valence-corrected chi connectivity index (χ3v) is 8.02. The Morgan fingerprint density at radius 3 is 2.40 bits per heavy atom. The van der Waals surface area contributed by atoms with Crippen LogP contribution in [-0.4, -0.2) is 79.7 Å². The first-order valence-electron chi connectivity index (χ1n) is 13.8. The van der Waals surface area contributed by atoms with Crippen LogP contribution < -0.4 is 4.74 Å². The zero-order valence-electron chi connectivity index (χ0n) is 23.0. The summed E-state index contributed by atoms with van der Waals surface area (Å²) in [6.07, 6.45) is 6.64. The molecule has 0 radical (unpaired) electrons. The van der Waals surface area contributed by atoms with E-state index >= 15 is 8.78 Å². The Balaban J connectivity index is 1.25. The van der Waals surface area contributed by atoms with Gasteiger partial charge in [0.1, 0.15) is 0 Å². The van der Waals surface area contributed by atoms with E-state index in [1.165, 1.54) is 15.8 Å². The predicted octanol–water partition coefficient (Wildman–Crippen LogP) is 4.46. The molecule has 218 valence electrons. The van der Waals surface area contributed by atoms with Crippen molar-refractivity contribution in [1.29, 1.82) is 0 Å². The lowest BCUT2D eigenvalue weighted by Crippen LogP contribution is -2.35. The number of alkyl halides is 2. The Labute approximate surface area is 241 Å². The maximum Gasteiger partial charge on any atom is 0.273 e. The van der Waals surface area contributed by atoms with Gasteiger partial charge in [-0.3, -0.25) is 9.69 Å². The number of ether oxygens (including phenoxy) is 1. The Kier molecular flexibility index (Phi) is 7.63. The monoisotopic (exact) mass is 577 g/mol. The second-order valence-corrected chi connectivity index (χ2v) is 10.7. The van der Waals surface area contributed by atoms with Crippen LogP contribution in [0.25, 0.3) is 5.95 Å². The molecule has 2 saturated heterocycles. The molecule has 2 aliphatic heterocycles. The van der Waals surface area contributed by atoms with Gasteiger partial charge in [-0.05, 0) is 37.1 Å². The number of hydrogen-bond donors (Lipinski definition) is 0. The van der Waals surface area contributed by atoms with E-state index in [4.69, 9.17) is 4.74 Å². The minimum atomic E-state index is -3.07. The van der Waals surface area contributed by atoms with Crippen LogP contribution in [0.3, 0.4) is 0 Å². The van der Waals surface area contributed by atoms with E-state index in [0.29, 0.717) is 36.5 Å². The van der Waals surface area contributed by atoms with Gasteiger partial charge >= 0.3 is 0 Å². The summed E-state index contributed by atoms with van der Waals surface area (Å²) in [6.45, 7) is 1.38. The molecule has 42 heavy (non-hydrogen) atoms. The Morgan fingerprint density at radius 2 is 1.74 bits per heavy atom. The van der Waals surface area contributed by atoms with Crippen LogP contribution in [0.15, 0.2) is 67.3 Å². The van der Waals surface area contributed by atoms with Crippen molar-refractivity contribution in [3.63, 3.8) is 0 Å². The van der Waals surface area contributed by atoms with Gasteiger partial charge in [-0.15, -0.1) is 0 Å². The molecular formula is C30H30F3N7O2. The largest absolute Gasteiger partial charge is 0.481 e. The van der Waals surface area contributed by atoms with E-state index in [1.54, 1.807) is 43.6 Å². The number of piperidine rings is 1. The molecule has 2 fully saturated rings. The molecule has 4 aromatic rings. The first-order valence-corrected chi connectivity index (χ1v) is 13.8. The number of amides is 1. The molecule has 1 atom stereocenters. The topological polar surface area (TPSA) is 89.3 Å².